The number of hydrogen-bond acceptors (Lipinski definition) is 3. The van der Waals surface area contributed by atoms with Gasteiger partial charge in [-0.3, -0.25) is 4.79 Å². The van der Waals surface area contributed by atoms with Gasteiger partial charge in [0.05, 0.1) is 12.1 Å². The van der Waals surface area contributed by atoms with E-state index in [1.54, 1.807) is 24.9 Å². The highest BCUT2D eigenvalue weighted by molar-refractivity contribution is 8.00. The van der Waals surface area contributed by atoms with Gasteiger partial charge in [-0.05, 0) is 30.7 Å². The first-order valence-corrected chi connectivity index (χ1v) is 9.25. The van der Waals surface area contributed by atoms with Crippen LogP contribution in [0.3, 0.4) is 0 Å². The third-order valence-corrected chi connectivity index (χ3v) is 5.34. The SMILES string of the molecule is COc1ccccc1CNC(=O)CCC(C)Sc1ccc(F)cc1Cl. The lowest BCUT2D eigenvalue weighted by Gasteiger charge is -2.13. The van der Waals surface area contributed by atoms with Crippen LogP contribution in [0.5, 0.6) is 5.75 Å². The van der Waals surface area contributed by atoms with E-state index < -0.39 is 0 Å². The number of hydrogen-bond donors (Lipinski definition) is 1. The summed E-state index contributed by atoms with van der Waals surface area (Å²) < 4.78 is 18.3. The first-order chi connectivity index (χ1) is 12.0. The Balaban J connectivity index is 1.77. The molecule has 3 nitrogen and oxygen atoms in total. The van der Waals surface area contributed by atoms with Crippen molar-refractivity contribution in [3.63, 3.8) is 0 Å². The van der Waals surface area contributed by atoms with Crippen LogP contribution in [-0.4, -0.2) is 18.3 Å². The van der Waals surface area contributed by atoms with E-state index in [2.05, 4.69) is 5.32 Å². The molecule has 1 N–H and O–H groups in total. The Morgan fingerprint density at radius 1 is 1.32 bits per heavy atom. The molecule has 2 rings (SSSR count). The van der Waals surface area contributed by atoms with Gasteiger partial charge in [0.1, 0.15) is 11.6 Å². The van der Waals surface area contributed by atoms with Crippen molar-refractivity contribution in [1.29, 1.82) is 0 Å². The number of carbonyl (C=O) groups excluding carboxylic acids is 1. The summed E-state index contributed by atoms with van der Waals surface area (Å²) in [4.78, 5) is 12.9. The largest absolute Gasteiger partial charge is 0.496 e. The molecule has 0 saturated carbocycles. The van der Waals surface area contributed by atoms with Crippen molar-refractivity contribution in [3.05, 3.63) is 58.9 Å². The quantitative estimate of drug-likeness (QED) is 0.649. The predicted molar refractivity (Wildman–Crippen MR) is 101 cm³/mol. The molecule has 2 aromatic carbocycles. The number of nitrogens with one attached hydrogen (secondary N) is 1. The number of methoxy groups -OCH3 is 1. The van der Waals surface area contributed by atoms with Gasteiger partial charge in [0.2, 0.25) is 5.91 Å². The van der Waals surface area contributed by atoms with E-state index in [4.69, 9.17) is 16.3 Å². The Kier molecular flexibility index (Phi) is 7.59. The molecular formula is C19H21ClFNO2S. The molecule has 0 fully saturated rings. The lowest BCUT2D eigenvalue weighted by Crippen LogP contribution is -2.23. The Morgan fingerprint density at radius 2 is 2.08 bits per heavy atom. The van der Waals surface area contributed by atoms with Crippen molar-refractivity contribution in [2.75, 3.05) is 7.11 Å². The zero-order valence-electron chi connectivity index (χ0n) is 14.2. The standard InChI is InChI=1S/C19H21ClFNO2S/c1-13(25-18-9-8-15(21)11-16(18)20)7-10-19(23)22-12-14-5-3-4-6-17(14)24-2/h3-6,8-9,11,13H,7,10,12H2,1-2H3,(H,22,23). The molecule has 6 heteroatoms. The fraction of sp³-hybridized carbons (Fsp3) is 0.316. The summed E-state index contributed by atoms with van der Waals surface area (Å²) in [5.74, 6) is 0.402. The number of thioether (sulfide) groups is 1. The zero-order chi connectivity index (χ0) is 18.2. The maximum atomic E-state index is 13.1. The Bertz CT molecular complexity index is 726. The monoisotopic (exact) mass is 381 g/mol. The van der Waals surface area contributed by atoms with Gasteiger partial charge in [-0.2, -0.15) is 0 Å². The first-order valence-electron chi connectivity index (χ1n) is 8.00. The van der Waals surface area contributed by atoms with Gasteiger partial charge in [0.15, 0.2) is 0 Å². The molecule has 0 aliphatic rings. The zero-order valence-corrected chi connectivity index (χ0v) is 15.8. The van der Waals surface area contributed by atoms with E-state index in [9.17, 15) is 9.18 Å². The number of para-hydroxylation sites is 1. The molecule has 0 aliphatic carbocycles. The van der Waals surface area contributed by atoms with Gasteiger partial charge >= 0.3 is 0 Å². The van der Waals surface area contributed by atoms with Crippen molar-refractivity contribution >= 4 is 29.3 Å². The van der Waals surface area contributed by atoms with E-state index in [0.29, 0.717) is 24.4 Å². The fourth-order valence-corrected chi connectivity index (χ4v) is 3.60. The topological polar surface area (TPSA) is 38.3 Å². The van der Waals surface area contributed by atoms with E-state index in [1.165, 1.54) is 12.1 Å². The Labute approximate surface area is 156 Å². The molecule has 1 atom stereocenters. The maximum Gasteiger partial charge on any atom is 0.220 e. The number of carbonyl (C=O) groups is 1. The Hall–Kier alpha value is -1.72. The highest BCUT2D eigenvalue weighted by Crippen LogP contribution is 2.32. The van der Waals surface area contributed by atoms with Gasteiger partial charge in [-0.15, -0.1) is 11.8 Å². The molecule has 0 saturated heterocycles. The summed E-state index contributed by atoms with van der Waals surface area (Å²) >= 11 is 7.57. The third-order valence-electron chi connectivity index (χ3n) is 3.67. The van der Waals surface area contributed by atoms with Crippen LogP contribution in [0.4, 0.5) is 4.39 Å². The second-order valence-electron chi connectivity index (χ2n) is 5.63. The molecule has 1 unspecified atom stereocenters. The molecular weight excluding hydrogens is 361 g/mol. The van der Waals surface area contributed by atoms with Crippen LogP contribution in [-0.2, 0) is 11.3 Å². The third kappa shape index (κ3) is 6.25. The molecule has 0 radical (unpaired) electrons. The summed E-state index contributed by atoms with van der Waals surface area (Å²) in [6.07, 6.45) is 1.12. The van der Waals surface area contributed by atoms with Crippen LogP contribution in [0.15, 0.2) is 47.4 Å². The van der Waals surface area contributed by atoms with Crippen molar-refractivity contribution < 1.29 is 13.9 Å². The number of rotatable bonds is 8. The summed E-state index contributed by atoms with van der Waals surface area (Å²) in [6.45, 7) is 2.46. The minimum Gasteiger partial charge on any atom is -0.496 e. The van der Waals surface area contributed by atoms with Gasteiger partial charge in [-0.1, -0.05) is 36.7 Å². The molecule has 134 valence electrons. The van der Waals surface area contributed by atoms with Gasteiger partial charge in [0.25, 0.3) is 0 Å². The molecule has 0 bridgehead atoms. The minimum absolute atomic E-state index is 0.0106. The summed E-state index contributed by atoms with van der Waals surface area (Å²) in [7, 11) is 1.61. The summed E-state index contributed by atoms with van der Waals surface area (Å²) in [5.41, 5.74) is 0.943. The number of halogens is 2. The van der Waals surface area contributed by atoms with Gasteiger partial charge < -0.3 is 10.1 Å². The highest BCUT2D eigenvalue weighted by atomic mass is 35.5. The lowest BCUT2D eigenvalue weighted by atomic mass is 10.2. The summed E-state index contributed by atoms with van der Waals surface area (Å²) in [6, 6.07) is 12.0. The van der Waals surface area contributed by atoms with Crippen molar-refractivity contribution in [3.8, 4) is 5.75 Å². The van der Waals surface area contributed by atoms with Crippen LogP contribution in [0.2, 0.25) is 5.02 Å². The first kappa shape index (κ1) is 19.6. The van der Waals surface area contributed by atoms with E-state index in [-0.39, 0.29) is 17.0 Å². The maximum absolute atomic E-state index is 13.1. The van der Waals surface area contributed by atoms with Gasteiger partial charge in [0, 0.05) is 28.7 Å². The fourth-order valence-electron chi connectivity index (χ4n) is 2.31. The second kappa shape index (κ2) is 9.68. The van der Waals surface area contributed by atoms with E-state index >= 15 is 0 Å². The predicted octanol–water partition coefficient (Wildman–Crippen LogP) is 5.06. The van der Waals surface area contributed by atoms with Crippen molar-refractivity contribution in [1.82, 2.24) is 5.32 Å². The van der Waals surface area contributed by atoms with Crippen molar-refractivity contribution in [2.45, 2.75) is 36.5 Å². The van der Waals surface area contributed by atoms with Crippen LogP contribution in [0.25, 0.3) is 0 Å². The van der Waals surface area contributed by atoms with Crippen LogP contribution >= 0.6 is 23.4 Å². The second-order valence-corrected chi connectivity index (χ2v) is 7.52. The molecule has 25 heavy (non-hydrogen) atoms. The van der Waals surface area contributed by atoms with Crippen LogP contribution < -0.4 is 10.1 Å². The van der Waals surface area contributed by atoms with E-state index in [1.807, 2.05) is 31.2 Å². The van der Waals surface area contributed by atoms with Crippen molar-refractivity contribution in [2.24, 2.45) is 0 Å². The summed E-state index contributed by atoms with van der Waals surface area (Å²) in [5, 5.41) is 3.50. The molecule has 1 amide bonds. The Morgan fingerprint density at radius 3 is 2.80 bits per heavy atom. The smallest absolute Gasteiger partial charge is 0.220 e. The van der Waals surface area contributed by atoms with Crippen LogP contribution in [0, 0.1) is 5.82 Å². The molecule has 0 heterocycles. The van der Waals surface area contributed by atoms with E-state index in [0.717, 1.165) is 16.2 Å². The molecule has 0 aromatic heterocycles. The van der Waals surface area contributed by atoms with Crippen LogP contribution in [0.1, 0.15) is 25.3 Å². The van der Waals surface area contributed by atoms with Gasteiger partial charge in [-0.25, -0.2) is 4.39 Å². The highest BCUT2D eigenvalue weighted by Gasteiger charge is 2.11. The number of ether oxygens (including phenoxy) is 1. The molecule has 0 spiro atoms. The normalized spacial score (nSPS) is 11.8. The molecule has 2 aromatic rings. The number of benzene rings is 2. The lowest BCUT2D eigenvalue weighted by molar-refractivity contribution is -0.121. The average Bonchev–Trinajstić information content (AvgIpc) is 2.60. The average molecular weight is 382 g/mol. The minimum atomic E-state index is -0.349. The number of amides is 1. The molecule has 0 aliphatic heterocycles.